The van der Waals surface area contributed by atoms with Gasteiger partial charge in [0.25, 0.3) is 0 Å². The third-order valence-electron chi connectivity index (χ3n) is 5.81. The molecular formula is C24H33N3O4. The van der Waals surface area contributed by atoms with Gasteiger partial charge in [-0.15, -0.1) is 5.10 Å². The summed E-state index contributed by atoms with van der Waals surface area (Å²) in [5.74, 6) is -0.379. The topological polar surface area (TPSA) is 94.2 Å². The summed E-state index contributed by atoms with van der Waals surface area (Å²) >= 11 is 0. The Morgan fingerprint density at radius 2 is 1.84 bits per heavy atom. The summed E-state index contributed by atoms with van der Waals surface area (Å²) in [6, 6.07) is 9.25. The maximum Gasteiger partial charge on any atom is 0.437 e. The van der Waals surface area contributed by atoms with Gasteiger partial charge >= 0.3 is 5.76 Å². The fraction of sp³-hybridized carbons (Fsp3) is 0.583. The first-order valence-electron chi connectivity index (χ1n) is 11.4. The Kier molecular flexibility index (Phi) is 8.20. The van der Waals surface area contributed by atoms with Crippen LogP contribution < -0.4 is 11.1 Å². The number of carbonyl (C=O) groups is 2. The average molecular weight is 428 g/mol. The zero-order valence-electron chi connectivity index (χ0n) is 18.5. The lowest BCUT2D eigenvalue weighted by atomic mass is 9.88. The normalized spacial score (nSPS) is 15.7. The highest BCUT2D eigenvalue weighted by Gasteiger charge is 2.28. The molecule has 1 saturated carbocycles. The predicted molar refractivity (Wildman–Crippen MR) is 118 cm³/mol. The van der Waals surface area contributed by atoms with Crippen molar-refractivity contribution in [1.82, 2.24) is 15.1 Å². The van der Waals surface area contributed by atoms with Crippen molar-refractivity contribution in [3.05, 3.63) is 52.3 Å². The summed E-state index contributed by atoms with van der Waals surface area (Å²) < 4.78 is 6.30. The van der Waals surface area contributed by atoms with Crippen molar-refractivity contribution in [2.24, 2.45) is 11.8 Å². The first-order valence-corrected chi connectivity index (χ1v) is 11.4. The SMILES string of the molecule is CC(C)C[C@H](NC(=O)C1CCCCC1)C(=O)Cn1nc(CCc2ccccc2)oc1=O. The van der Waals surface area contributed by atoms with Crippen LogP contribution in [0.2, 0.25) is 0 Å². The molecule has 2 aromatic rings. The van der Waals surface area contributed by atoms with Crippen LogP contribution in [0.1, 0.15) is 63.8 Å². The van der Waals surface area contributed by atoms with E-state index in [2.05, 4.69) is 10.4 Å². The second-order valence-corrected chi connectivity index (χ2v) is 8.90. The summed E-state index contributed by atoms with van der Waals surface area (Å²) in [6.45, 7) is 3.82. The second kappa shape index (κ2) is 11.1. The number of aromatic nitrogens is 2. The van der Waals surface area contributed by atoms with Crippen molar-refractivity contribution in [3.63, 3.8) is 0 Å². The number of hydrogen-bond acceptors (Lipinski definition) is 5. The molecule has 3 rings (SSSR count). The summed E-state index contributed by atoms with van der Waals surface area (Å²) in [4.78, 5) is 37.8. The number of benzene rings is 1. The first-order chi connectivity index (χ1) is 14.9. The van der Waals surface area contributed by atoms with E-state index in [1.165, 1.54) is 6.42 Å². The van der Waals surface area contributed by atoms with E-state index in [4.69, 9.17) is 4.42 Å². The maximum atomic E-state index is 13.0. The van der Waals surface area contributed by atoms with Gasteiger partial charge in [0, 0.05) is 12.3 Å². The van der Waals surface area contributed by atoms with Gasteiger partial charge in [-0.25, -0.2) is 4.79 Å². The Morgan fingerprint density at radius 3 is 2.52 bits per heavy atom. The van der Waals surface area contributed by atoms with Crippen LogP contribution in [-0.2, 0) is 29.0 Å². The van der Waals surface area contributed by atoms with Crippen molar-refractivity contribution in [3.8, 4) is 0 Å². The van der Waals surface area contributed by atoms with Crippen molar-refractivity contribution in [2.45, 2.75) is 77.8 Å². The van der Waals surface area contributed by atoms with Crippen LogP contribution in [0.5, 0.6) is 0 Å². The molecule has 1 aliphatic rings. The number of nitrogens with zero attached hydrogens (tertiary/aromatic N) is 2. The number of ketones is 1. The quantitative estimate of drug-likeness (QED) is 0.628. The molecule has 7 heteroatoms. The number of amides is 1. The molecule has 168 valence electrons. The molecule has 1 heterocycles. The van der Waals surface area contributed by atoms with Crippen LogP contribution in [0.3, 0.4) is 0 Å². The fourth-order valence-electron chi connectivity index (χ4n) is 4.10. The van der Waals surface area contributed by atoms with Crippen LogP contribution in [0.4, 0.5) is 0 Å². The minimum Gasteiger partial charge on any atom is -0.392 e. The van der Waals surface area contributed by atoms with Gasteiger partial charge in [-0.2, -0.15) is 4.68 Å². The summed E-state index contributed by atoms with van der Waals surface area (Å²) in [5, 5.41) is 7.15. The Labute approximate surface area is 183 Å². The highest BCUT2D eigenvalue weighted by atomic mass is 16.4. The van der Waals surface area contributed by atoms with Gasteiger partial charge in [0.05, 0.1) is 6.04 Å². The number of rotatable bonds is 10. The number of carbonyl (C=O) groups excluding carboxylic acids is 2. The molecule has 0 aliphatic heterocycles. The van der Waals surface area contributed by atoms with Crippen LogP contribution >= 0.6 is 0 Å². The standard InChI is InChI=1S/C24H33N3O4/c1-17(2)15-20(25-23(29)19-11-7-4-8-12-19)21(28)16-27-24(30)31-22(26-27)14-13-18-9-5-3-6-10-18/h3,5-6,9-10,17,19-20H,4,7-8,11-16H2,1-2H3,(H,25,29)/t20-/m0/s1. The van der Waals surface area contributed by atoms with E-state index in [1.54, 1.807) is 0 Å². The molecular weight excluding hydrogens is 394 g/mol. The Morgan fingerprint density at radius 1 is 1.13 bits per heavy atom. The van der Waals surface area contributed by atoms with E-state index in [0.717, 1.165) is 35.9 Å². The average Bonchev–Trinajstić information content (AvgIpc) is 3.12. The van der Waals surface area contributed by atoms with Gasteiger partial charge in [0.1, 0.15) is 6.54 Å². The van der Waals surface area contributed by atoms with Gasteiger partial charge in [0.2, 0.25) is 11.8 Å². The zero-order valence-corrected chi connectivity index (χ0v) is 18.5. The van der Waals surface area contributed by atoms with E-state index in [1.807, 2.05) is 44.2 Å². The van der Waals surface area contributed by atoms with Crippen molar-refractivity contribution in [2.75, 3.05) is 0 Å². The van der Waals surface area contributed by atoms with E-state index in [0.29, 0.717) is 25.2 Å². The lowest BCUT2D eigenvalue weighted by Gasteiger charge is -2.25. The first kappa shape index (κ1) is 23.0. The van der Waals surface area contributed by atoms with Crippen LogP contribution in [0.25, 0.3) is 0 Å². The molecule has 1 aromatic heterocycles. The number of Topliss-reactive ketones (excluding diaryl/α,β-unsaturated/α-hetero) is 1. The Hall–Kier alpha value is -2.70. The molecule has 1 atom stereocenters. The third-order valence-corrected chi connectivity index (χ3v) is 5.81. The third kappa shape index (κ3) is 6.91. The van der Waals surface area contributed by atoms with E-state index in [-0.39, 0.29) is 30.1 Å². The molecule has 0 spiro atoms. The van der Waals surface area contributed by atoms with E-state index >= 15 is 0 Å². The summed E-state index contributed by atoms with van der Waals surface area (Å²) in [7, 11) is 0. The number of nitrogens with one attached hydrogen (secondary N) is 1. The van der Waals surface area contributed by atoms with Crippen molar-refractivity contribution < 1.29 is 14.0 Å². The van der Waals surface area contributed by atoms with Crippen LogP contribution in [-0.4, -0.2) is 27.5 Å². The minimum atomic E-state index is -0.640. The molecule has 1 aromatic carbocycles. The van der Waals surface area contributed by atoms with Gasteiger partial charge in [-0.05, 0) is 37.2 Å². The van der Waals surface area contributed by atoms with E-state index < -0.39 is 11.8 Å². The van der Waals surface area contributed by atoms with Crippen molar-refractivity contribution >= 4 is 11.7 Å². The lowest BCUT2D eigenvalue weighted by Crippen LogP contribution is -2.46. The molecule has 0 unspecified atom stereocenters. The molecule has 1 fully saturated rings. The summed E-state index contributed by atoms with van der Waals surface area (Å²) in [6.07, 6.45) is 6.74. The minimum absolute atomic E-state index is 0.0180. The molecule has 1 aliphatic carbocycles. The smallest absolute Gasteiger partial charge is 0.392 e. The maximum absolute atomic E-state index is 13.0. The van der Waals surface area contributed by atoms with Crippen LogP contribution in [0, 0.1) is 11.8 Å². The predicted octanol–water partition coefficient (Wildman–Crippen LogP) is 3.30. The largest absolute Gasteiger partial charge is 0.437 e. The van der Waals surface area contributed by atoms with Crippen LogP contribution in [0.15, 0.2) is 39.5 Å². The van der Waals surface area contributed by atoms with Gasteiger partial charge < -0.3 is 9.73 Å². The molecule has 1 amide bonds. The molecule has 1 N–H and O–H groups in total. The molecule has 31 heavy (non-hydrogen) atoms. The summed E-state index contributed by atoms with van der Waals surface area (Å²) in [5.41, 5.74) is 1.12. The monoisotopic (exact) mass is 427 g/mol. The van der Waals surface area contributed by atoms with Gasteiger partial charge in [0.15, 0.2) is 5.78 Å². The second-order valence-electron chi connectivity index (χ2n) is 8.90. The lowest BCUT2D eigenvalue weighted by molar-refractivity contribution is -0.131. The number of hydrogen-bond donors (Lipinski definition) is 1. The van der Waals surface area contributed by atoms with Gasteiger partial charge in [-0.1, -0.05) is 63.4 Å². The molecule has 0 saturated heterocycles. The highest BCUT2D eigenvalue weighted by molar-refractivity contribution is 5.89. The zero-order chi connectivity index (χ0) is 22.2. The Balaban J connectivity index is 1.61. The molecule has 0 radical (unpaired) electrons. The van der Waals surface area contributed by atoms with Crippen molar-refractivity contribution in [1.29, 1.82) is 0 Å². The Bertz CT molecular complexity index is 910. The highest BCUT2D eigenvalue weighted by Crippen LogP contribution is 2.24. The van der Waals surface area contributed by atoms with Gasteiger partial charge in [-0.3, -0.25) is 9.59 Å². The molecule has 0 bridgehead atoms. The van der Waals surface area contributed by atoms with E-state index in [9.17, 15) is 14.4 Å². The molecule has 7 nitrogen and oxygen atoms in total. The fourth-order valence-corrected chi connectivity index (χ4v) is 4.10. The number of aryl methyl sites for hydroxylation is 2.